The van der Waals surface area contributed by atoms with Gasteiger partial charge >= 0.3 is 0 Å². The molecule has 1 aromatic carbocycles. The van der Waals surface area contributed by atoms with Crippen molar-refractivity contribution >= 4 is 23.6 Å². The zero-order valence-corrected chi connectivity index (χ0v) is 7.82. The molecule has 72 valence electrons. The van der Waals surface area contributed by atoms with Gasteiger partial charge in [-0.2, -0.15) is 0 Å². The van der Waals surface area contributed by atoms with E-state index in [1.807, 2.05) is 0 Å². The van der Waals surface area contributed by atoms with Crippen LogP contribution in [-0.4, -0.2) is 4.10 Å². The van der Waals surface area contributed by atoms with Crippen molar-refractivity contribution in [1.82, 2.24) is 4.10 Å². The monoisotopic (exact) mass is 227 g/mol. The Labute approximate surface area is 83.8 Å². The molecule has 1 rings (SSSR count). The summed E-state index contributed by atoms with van der Waals surface area (Å²) >= 11 is 10.2. The Morgan fingerprint density at radius 3 is 2.62 bits per heavy atom. The van der Waals surface area contributed by atoms with Crippen molar-refractivity contribution in [3.63, 3.8) is 0 Å². The van der Waals surface area contributed by atoms with E-state index in [1.165, 1.54) is 12.1 Å². The molecule has 6 heteroatoms. The van der Waals surface area contributed by atoms with Gasteiger partial charge in [0.15, 0.2) is 11.6 Å². The normalized spacial score (nSPS) is 10.8. The summed E-state index contributed by atoms with van der Waals surface area (Å²) < 4.78 is 25.9. The first-order valence-corrected chi connectivity index (χ1v) is 3.96. The number of hydrogen-bond acceptors (Lipinski definition) is 2. The van der Waals surface area contributed by atoms with Crippen LogP contribution in [-0.2, 0) is 11.4 Å². The van der Waals surface area contributed by atoms with E-state index in [9.17, 15) is 8.78 Å². The summed E-state index contributed by atoms with van der Waals surface area (Å²) in [6.07, 6.45) is 0. The summed E-state index contributed by atoms with van der Waals surface area (Å²) in [7, 11) is 0. The minimum Gasteiger partial charge on any atom is -0.264 e. The molecule has 0 aliphatic heterocycles. The molecule has 1 aromatic rings. The highest BCUT2D eigenvalue weighted by molar-refractivity contribution is 6.32. The Bertz CT molecular complexity index is 296. The Morgan fingerprint density at radius 1 is 1.31 bits per heavy atom. The summed E-state index contributed by atoms with van der Waals surface area (Å²) in [5.74, 6) is -1.89. The molecule has 0 aromatic heterocycles. The van der Waals surface area contributed by atoms with Gasteiger partial charge < -0.3 is 0 Å². The van der Waals surface area contributed by atoms with E-state index < -0.39 is 11.6 Å². The van der Waals surface area contributed by atoms with Crippen LogP contribution in [0.2, 0.25) is 0 Å². The molecular weight excluding hydrogens is 223 g/mol. The number of nitrogens with zero attached hydrogens (tertiary/aromatic N) is 1. The van der Waals surface area contributed by atoms with Gasteiger partial charge in [0, 0.05) is 29.1 Å². The minimum absolute atomic E-state index is 0.0475. The summed E-state index contributed by atoms with van der Waals surface area (Å²) in [6.45, 7) is -0.226. The van der Waals surface area contributed by atoms with Crippen molar-refractivity contribution in [3.05, 3.63) is 35.4 Å². The zero-order chi connectivity index (χ0) is 9.84. The lowest BCUT2D eigenvalue weighted by molar-refractivity contribution is -0.0273. The van der Waals surface area contributed by atoms with E-state index in [1.54, 1.807) is 0 Å². The molecule has 0 bridgehead atoms. The number of hydrogen-bond donors (Lipinski definition) is 0. The molecular formula is C7H5Cl2F2NO. The highest BCUT2D eigenvalue weighted by Crippen LogP contribution is 2.13. The van der Waals surface area contributed by atoms with Crippen molar-refractivity contribution in [2.75, 3.05) is 0 Å². The molecule has 0 unspecified atom stereocenters. The van der Waals surface area contributed by atoms with E-state index in [0.717, 1.165) is 6.07 Å². The van der Waals surface area contributed by atoms with Crippen LogP contribution in [0, 0.1) is 11.6 Å². The highest BCUT2D eigenvalue weighted by atomic mass is 35.5. The SMILES string of the molecule is Fc1cccc(CON(Cl)Cl)c1F. The van der Waals surface area contributed by atoms with Gasteiger partial charge in [-0.15, -0.1) is 0 Å². The van der Waals surface area contributed by atoms with Crippen LogP contribution >= 0.6 is 23.6 Å². The Morgan fingerprint density at radius 2 is 2.00 bits per heavy atom. The van der Waals surface area contributed by atoms with E-state index in [4.69, 9.17) is 23.6 Å². The number of rotatable bonds is 3. The first-order chi connectivity index (χ1) is 6.11. The molecule has 0 N–H and O–H groups in total. The second-order valence-corrected chi connectivity index (χ2v) is 2.98. The van der Waals surface area contributed by atoms with Crippen molar-refractivity contribution in [3.8, 4) is 0 Å². The van der Waals surface area contributed by atoms with Gasteiger partial charge in [0.25, 0.3) is 0 Å². The Balaban J connectivity index is 2.71. The average molecular weight is 228 g/mol. The maximum atomic E-state index is 12.9. The van der Waals surface area contributed by atoms with E-state index in [2.05, 4.69) is 4.84 Å². The standard InChI is InChI=1S/C7H5Cl2F2NO/c8-12(9)13-4-5-2-1-3-6(10)7(5)11/h1-3H,4H2. The summed E-state index contributed by atoms with van der Waals surface area (Å²) in [5, 5.41) is 0. The third-order valence-corrected chi connectivity index (χ3v) is 1.54. The lowest BCUT2D eigenvalue weighted by Gasteiger charge is -2.05. The van der Waals surface area contributed by atoms with Crippen LogP contribution in [0.4, 0.5) is 8.78 Å². The van der Waals surface area contributed by atoms with Gasteiger partial charge in [-0.25, -0.2) is 8.78 Å². The largest absolute Gasteiger partial charge is 0.264 e. The molecule has 13 heavy (non-hydrogen) atoms. The molecule has 0 radical (unpaired) electrons. The summed E-state index contributed by atoms with van der Waals surface area (Å²) in [6, 6.07) is 3.75. The van der Waals surface area contributed by atoms with Gasteiger partial charge in [-0.1, -0.05) is 12.1 Å². The van der Waals surface area contributed by atoms with Crippen LogP contribution in [0.25, 0.3) is 0 Å². The van der Waals surface area contributed by atoms with Crippen molar-refractivity contribution in [1.29, 1.82) is 0 Å². The maximum absolute atomic E-state index is 12.9. The molecule has 0 aliphatic carbocycles. The molecule has 0 fully saturated rings. The molecule has 0 spiro atoms. The van der Waals surface area contributed by atoms with E-state index in [-0.39, 0.29) is 12.2 Å². The molecule has 0 aliphatic rings. The van der Waals surface area contributed by atoms with Crippen molar-refractivity contribution < 1.29 is 13.6 Å². The van der Waals surface area contributed by atoms with Gasteiger partial charge in [-0.3, -0.25) is 4.84 Å². The second kappa shape index (κ2) is 4.72. The molecule has 0 atom stereocenters. The summed E-state index contributed by atoms with van der Waals surface area (Å²) in [5.41, 5.74) is 0.0475. The molecule has 0 saturated heterocycles. The predicted octanol–water partition coefficient (Wildman–Crippen LogP) is 3.01. The fourth-order valence-corrected chi connectivity index (χ4v) is 0.876. The lowest BCUT2D eigenvalue weighted by atomic mass is 10.2. The van der Waals surface area contributed by atoms with Gasteiger partial charge in [0.05, 0.1) is 6.61 Å². The van der Waals surface area contributed by atoms with Crippen LogP contribution in [0.1, 0.15) is 5.56 Å². The first kappa shape index (κ1) is 10.7. The number of benzene rings is 1. The molecule has 2 nitrogen and oxygen atoms in total. The van der Waals surface area contributed by atoms with Crippen LogP contribution in [0.5, 0.6) is 0 Å². The van der Waals surface area contributed by atoms with E-state index >= 15 is 0 Å². The Hall–Kier alpha value is -0.420. The fraction of sp³-hybridized carbons (Fsp3) is 0.143. The maximum Gasteiger partial charge on any atom is 0.164 e. The lowest BCUT2D eigenvalue weighted by Crippen LogP contribution is -2.02. The quantitative estimate of drug-likeness (QED) is 0.582. The van der Waals surface area contributed by atoms with Gasteiger partial charge in [0.1, 0.15) is 0 Å². The topological polar surface area (TPSA) is 12.5 Å². The second-order valence-electron chi connectivity index (χ2n) is 2.19. The Kier molecular flexibility index (Phi) is 3.87. The van der Waals surface area contributed by atoms with E-state index in [0.29, 0.717) is 4.10 Å². The average Bonchev–Trinajstić information content (AvgIpc) is 2.07. The van der Waals surface area contributed by atoms with Gasteiger partial charge in [-0.05, 0) is 10.2 Å². The third kappa shape index (κ3) is 3.08. The van der Waals surface area contributed by atoms with Crippen molar-refractivity contribution in [2.24, 2.45) is 0 Å². The minimum atomic E-state index is -0.960. The van der Waals surface area contributed by atoms with Crippen molar-refractivity contribution in [2.45, 2.75) is 6.61 Å². The summed E-state index contributed by atoms with van der Waals surface area (Å²) in [4.78, 5) is 4.52. The fourth-order valence-electron chi connectivity index (χ4n) is 0.778. The molecule has 0 amide bonds. The predicted molar refractivity (Wildman–Crippen MR) is 44.7 cm³/mol. The molecule has 0 heterocycles. The highest BCUT2D eigenvalue weighted by Gasteiger charge is 2.08. The van der Waals surface area contributed by atoms with Crippen LogP contribution in [0.15, 0.2) is 18.2 Å². The third-order valence-electron chi connectivity index (χ3n) is 1.35. The zero-order valence-electron chi connectivity index (χ0n) is 6.31. The van der Waals surface area contributed by atoms with Crippen LogP contribution < -0.4 is 0 Å². The van der Waals surface area contributed by atoms with Gasteiger partial charge in [0.2, 0.25) is 0 Å². The van der Waals surface area contributed by atoms with Crippen LogP contribution in [0.3, 0.4) is 0 Å². The number of halogens is 4. The first-order valence-electron chi connectivity index (χ1n) is 3.28. The molecule has 0 saturated carbocycles. The smallest absolute Gasteiger partial charge is 0.164 e.